The normalized spacial score (nSPS) is 20.9. The molecule has 1 aromatic rings. The van der Waals surface area contributed by atoms with E-state index in [0.29, 0.717) is 5.92 Å². The second-order valence-corrected chi connectivity index (χ2v) is 5.35. The molecule has 19 heavy (non-hydrogen) atoms. The summed E-state index contributed by atoms with van der Waals surface area (Å²) in [7, 11) is 0. The van der Waals surface area contributed by atoms with E-state index in [2.05, 4.69) is 10.6 Å². The van der Waals surface area contributed by atoms with Gasteiger partial charge in [-0.1, -0.05) is 17.7 Å². The van der Waals surface area contributed by atoms with E-state index >= 15 is 0 Å². The average molecular weight is 285 g/mol. The van der Waals surface area contributed by atoms with E-state index < -0.39 is 5.82 Å². The van der Waals surface area contributed by atoms with Gasteiger partial charge in [-0.15, -0.1) is 0 Å². The van der Waals surface area contributed by atoms with Gasteiger partial charge in [-0.05, 0) is 50.9 Å². The van der Waals surface area contributed by atoms with Crippen LogP contribution in [0.25, 0.3) is 0 Å². The summed E-state index contributed by atoms with van der Waals surface area (Å²) in [5.41, 5.74) is 0.192. The van der Waals surface area contributed by atoms with Gasteiger partial charge in [0, 0.05) is 6.04 Å². The van der Waals surface area contributed by atoms with Gasteiger partial charge in [0.05, 0.1) is 10.6 Å². The molecule has 2 atom stereocenters. The lowest BCUT2D eigenvalue weighted by Crippen LogP contribution is -2.44. The molecule has 3 nitrogen and oxygen atoms in total. The van der Waals surface area contributed by atoms with Crippen LogP contribution in [-0.4, -0.2) is 25.0 Å². The maximum atomic E-state index is 13.3. The summed E-state index contributed by atoms with van der Waals surface area (Å²) < 4.78 is 13.3. The van der Waals surface area contributed by atoms with Crippen LogP contribution in [-0.2, 0) is 0 Å². The average Bonchev–Trinajstić information content (AvgIpc) is 2.42. The Morgan fingerprint density at radius 3 is 3.05 bits per heavy atom. The first-order valence-electron chi connectivity index (χ1n) is 6.55. The smallest absolute Gasteiger partial charge is 0.253 e. The van der Waals surface area contributed by atoms with E-state index in [9.17, 15) is 9.18 Å². The van der Waals surface area contributed by atoms with E-state index in [1.165, 1.54) is 18.2 Å². The predicted molar refractivity (Wildman–Crippen MR) is 73.9 cm³/mol. The van der Waals surface area contributed by atoms with Crippen LogP contribution in [0.3, 0.4) is 0 Å². The molecule has 104 valence electrons. The van der Waals surface area contributed by atoms with Gasteiger partial charge in [0.1, 0.15) is 5.82 Å². The molecule has 0 aromatic heterocycles. The summed E-state index contributed by atoms with van der Waals surface area (Å²) in [5.74, 6) is -0.478. The lowest BCUT2D eigenvalue weighted by atomic mass is 9.92. The maximum Gasteiger partial charge on any atom is 0.253 e. The molecule has 1 aromatic carbocycles. The van der Waals surface area contributed by atoms with Crippen LogP contribution in [0.1, 0.15) is 30.1 Å². The van der Waals surface area contributed by atoms with Crippen molar-refractivity contribution in [3.63, 3.8) is 0 Å². The molecule has 0 aliphatic carbocycles. The van der Waals surface area contributed by atoms with Crippen molar-refractivity contribution in [1.29, 1.82) is 0 Å². The second kappa shape index (κ2) is 6.35. The third-order valence-corrected chi connectivity index (χ3v) is 3.98. The van der Waals surface area contributed by atoms with Crippen molar-refractivity contribution < 1.29 is 9.18 Å². The highest BCUT2D eigenvalue weighted by atomic mass is 35.5. The lowest BCUT2D eigenvalue weighted by molar-refractivity contribution is 0.0921. The second-order valence-electron chi connectivity index (χ2n) is 4.97. The molecule has 1 amide bonds. The number of amides is 1. The fourth-order valence-electron chi connectivity index (χ4n) is 2.39. The molecular formula is C14H18ClFN2O. The number of piperidine rings is 1. The van der Waals surface area contributed by atoms with Crippen LogP contribution in [0.2, 0.25) is 5.02 Å². The van der Waals surface area contributed by atoms with Crippen molar-refractivity contribution >= 4 is 17.5 Å². The van der Waals surface area contributed by atoms with Gasteiger partial charge < -0.3 is 10.6 Å². The van der Waals surface area contributed by atoms with Crippen molar-refractivity contribution in [2.75, 3.05) is 13.1 Å². The van der Waals surface area contributed by atoms with Crippen LogP contribution in [0, 0.1) is 11.7 Å². The fraction of sp³-hybridized carbons (Fsp3) is 0.500. The topological polar surface area (TPSA) is 41.1 Å². The van der Waals surface area contributed by atoms with Gasteiger partial charge in [0.15, 0.2) is 0 Å². The predicted octanol–water partition coefficient (Wildman–Crippen LogP) is 2.60. The summed E-state index contributed by atoms with van der Waals surface area (Å²) in [5, 5.41) is 6.10. The van der Waals surface area contributed by atoms with Gasteiger partial charge >= 0.3 is 0 Å². The Morgan fingerprint density at radius 2 is 2.37 bits per heavy atom. The first kappa shape index (κ1) is 14.3. The van der Waals surface area contributed by atoms with E-state index in [1.807, 2.05) is 6.92 Å². The monoisotopic (exact) mass is 284 g/mol. The molecule has 0 spiro atoms. The quantitative estimate of drug-likeness (QED) is 0.896. The molecule has 1 heterocycles. The summed E-state index contributed by atoms with van der Waals surface area (Å²) in [4.78, 5) is 12.1. The number of carbonyl (C=O) groups is 1. The number of nitrogens with one attached hydrogen (secondary N) is 2. The number of hydrogen-bond donors (Lipinski definition) is 2. The van der Waals surface area contributed by atoms with Gasteiger partial charge in [-0.2, -0.15) is 0 Å². The van der Waals surface area contributed by atoms with E-state index in [-0.39, 0.29) is 22.5 Å². The number of rotatable bonds is 3. The third-order valence-electron chi connectivity index (χ3n) is 3.60. The Labute approximate surface area is 117 Å². The summed E-state index contributed by atoms with van der Waals surface area (Å²) in [6.45, 7) is 3.91. The number of hydrogen-bond acceptors (Lipinski definition) is 2. The molecule has 2 rings (SSSR count). The minimum absolute atomic E-state index is 0.0413. The van der Waals surface area contributed by atoms with Crippen molar-refractivity contribution in [2.24, 2.45) is 5.92 Å². The highest BCUT2D eigenvalue weighted by Gasteiger charge is 2.22. The molecule has 2 N–H and O–H groups in total. The van der Waals surface area contributed by atoms with Crippen molar-refractivity contribution in [1.82, 2.24) is 10.6 Å². The van der Waals surface area contributed by atoms with Crippen LogP contribution >= 0.6 is 11.6 Å². The zero-order valence-electron chi connectivity index (χ0n) is 10.9. The Balaban J connectivity index is 2.02. The zero-order valence-corrected chi connectivity index (χ0v) is 11.6. The number of benzene rings is 1. The van der Waals surface area contributed by atoms with Crippen molar-refractivity contribution in [2.45, 2.75) is 25.8 Å². The fourth-order valence-corrected chi connectivity index (χ4v) is 2.60. The van der Waals surface area contributed by atoms with Crippen LogP contribution in [0.15, 0.2) is 18.2 Å². The number of halogens is 2. The molecule has 1 aliphatic rings. The number of carbonyl (C=O) groups excluding carboxylic acids is 1. The van der Waals surface area contributed by atoms with Crippen LogP contribution in [0.4, 0.5) is 4.39 Å². The lowest BCUT2D eigenvalue weighted by Gasteiger charge is -2.29. The molecule has 1 fully saturated rings. The minimum atomic E-state index is -0.568. The Morgan fingerprint density at radius 1 is 1.58 bits per heavy atom. The minimum Gasteiger partial charge on any atom is -0.349 e. The SMILES string of the molecule is CC(NC(=O)c1cccc(F)c1Cl)C1CCCNC1. The molecule has 0 radical (unpaired) electrons. The molecular weight excluding hydrogens is 267 g/mol. The zero-order chi connectivity index (χ0) is 13.8. The molecule has 0 saturated carbocycles. The van der Waals surface area contributed by atoms with Crippen LogP contribution < -0.4 is 10.6 Å². The third kappa shape index (κ3) is 3.45. The molecule has 2 unspecified atom stereocenters. The van der Waals surface area contributed by atoms with E-state index in [1.54, 1.807) is 0 Å². The highest BCUT2D eigenvalue weighted by Crippen LogP contribution is 2.20. The largest absolute Gasteiger partial charge is 0.349 e. The Kier molecular flexibility index (Phi) is 4.77. The van der Waals surface area contributed by atoms with Crippen LogP contribution in [0.5, 0.6) is 0 Å². The summed E-state index contributed by atoms with van der Waals surface area (Å²) in [6, 6.07) is 4.31. The Hall–Kier alpha value is -1.13. The van der Waals surface area contributed by atoms with Gasteiger partial charge in [-0.3, -0.25) is 4.79 Å². The van der Waals surface area contributed by atoms with Gasteiger partial charge in [-0.25, -0.2) is 4.39 Å². The molecule has 1 saturated heterocycles. The summed E-state index contributed by atoms with van der Waals surface area (Å²) in [6.07, 6.45) is 2.21. The van der Waals surface area contributed by atoms with Crippen molar-refractivity contribution in [3.8, 4) is 0 Å². The van der Waals surface area contributed by atoms with Crippen molar-refractivity contribution in [3.05, 3.63) is 34.6 Å². The molecule has 1 aliphatic heterocycles. The van der Waals surface area contributed by atoms with E-state index in [4.69, 9.17) is 11.6 Å². The first-order chi connectivity index (χ1) is 9.09. The highest BCUT2D eigenvalue weighted by molar-refractivity contribution is 6.34. The molecule has 0 bridgehead atoms. The summed E-state index contributed by atoms with van der Waals surface area (Å²) >= 11 is 5.81. The van der Waals surface area contributed by atoms with Gasteiger partial charge in [0.2, 0.25) is 0 Å². The standard InChI is InChI=1S/C14H18ClFN2O/c1-9(10-4-3-7-17-8-10)18-14(19)11-5-2-6-12(16)13(11)15/h2,5-6,9-10,17H,3-4,7-8H2,1H3,(H,18,19). The van der Waals surface area contributed by atoms with Gasteiger partial charge in [0.25, 0.3) is 5.91 Å². The maximum absolute atomic E-state index is 13.3. The molecule has 5 heteroatoms. The first-order valence-corrected chi connectivity index (χ1v) is 6.93. The van der Waals surface area contributed by atoms with E-state index in [0.717, 1.165) is 25.9 Å². The Bertz CT molecular complexity index is 461.